The van der Waals surface area contributed by atoms with Crippen LogP contribution >= 0.6 is 22.9 Å². The van der Waals surface area contributed by atoms with Gasteiger partial charge in [0.25, 0.3) is 0 Å². The van der Waals surface area contributed by atoms with E-state index in [0.29, 0.717) is 12.6 Å². The van der Waals surface area contributed by atoms with Crippen LogP contribution in [0.15, 0.2) is 36.7 Å². The Morgan fingerprint density at radius 1 is 1.24 bits per heavy atom. The zero-order valence-electron chi connectivity index (χ0n) is 13.6. The predicted octanol–water partition coefficient (Wildman–Crippen LogP) is 4.56. The van der Waals surface area contributed by atoms with Crippen molar-refractivity contribution in [1.82, 2.24) is 14.9 Å². The molecule has 3 heterocycles. The molecule has 25 heavy (non-hydrogen) atoms. The van der Waals surface area contributed by atoms with Crippen LogP contribution < -0.4 is 5.32 Å². The molecule has 1 aromatic carbocycles. The first kappa shape index (κ1) is 16.7. The highest BCUT2D eigenvalue weighted by Gasteiger charge is 2.21. The van der Waals surface area contributed by atoms with Crippen molar-refractivity contribution in [2.75, 3.05) is 18.4 Å². The Morgan fingerprint density at radius 3 is 2.84 bits per heavy atom. The van der Waals surface area contributed by atoms with Gasteiger partial charge in [0.1, 0.15) is 22.8 Å². The van der Waals surface area contributed by atoms with Gasteiger partial charge in [0.15, 0.2) is 0 Å². The maximum atomic E-state index is 13.8. The molecule has 0 spiro atoms. The standard InChI is InChI=1S/C18H18ClFN4S/c19-16-9-14-17(21-11-22-18(14)25-16)23-13-5-7-24(8-6-13)10-12-3-1-2-4-15(12)20/h1-4,9,11,13H,5-8,10H2,(H,21,22,23). The van der Waals surface area contributed by atoms with Gasteiger partial charge in [-0.25, -0.2) is 14.4 Å². The molecule has 1 fully saturated rings. The smallest absolute Gasteiger partial charge is 0.138 e. The molecule has 4 nitrogen and oxygen atoms in total. The van der Waals surface area contributed by atoms with E-state index in [9.17, 15) is 4.39 Å². The highest BCUT2D eigenvalue weighted by molar-refractivity contribution is 7.22. The van der Waals surface area contributed by atoms with E-state index >= 15 is 0 Å². The number of halogens is 2. The summed E-state index contributed by atoms with van der Waals surface area (Å²) in [5.74, 6) is 0.723. The zero-order valence-corrected chi connectivity index (χ0v) is 15.2. The maximum absolute atomic E-state index is 13.8. The number of anilines is 1. The monoisotopic (exact) mass is 376 g/mol. The zero-order chi connectivity index (χ0) is 17.2. The van der Waals surface area contributed by atoms with Gasteiger partial charge < -0.3 is 5.32 Å². The van der Waals surface area contributed by atoms with Crippen LogP contribution in [-0.2, 0) is 6.54 Å². The second kappa shape index (κ2) is 7.23. The quantitative estimate of drug-likeness (QED) is 0.724. The summed E-state index contributed by atoms with van der Waals surface area (Å²) in [6.07, 6.45) is 3.57. The topological polar surface area (TPSA) is 41.0 Å². The van der Waals surface area contributed by atoms with Crippen molar-refractivity contribution < 1.29 is 4.39 Å². The fourth-order valence-electron chi connectivity index (χ4n) is 3.24. The van der Waals surface area contributed by atoms with E-state index in [1.807, 2.05) is 18.2 Å². The number of hydrogen-bond acceptors (Lipinski definition) is 5. The molecule has 130 valence electrons. The molecule has 1 aliphatic rings. The molecule has 1 N–H and O–H groups in total. The summed E-state index contributed by atoms with van der Waals surface area (Å²) in [7, 11) is 0. The molecule has 4 rings (SSSR count). The van der Waals surface area contributed by atoms with Crippen LogP contribution in [0.25, 0.3) is 10.2 Å². The van der Waals surface area contributed by atoms with Crippen molar-refractivity contribution in [3.05, 3.63) is 52.4 Å². The third-order valence-corrected chi connectivity index (χ3v) is 5.75. The lowest BCUT2D eigenvalue weighted by Gasteiger charge is -2.32. The maximum Gasteiger partial charge on any atom is 0.138 e. The van der Waals surface area contributed by atoms with Gasteiger partial charge in [-0.1, -0.05) is 29.8 Å². The van der Waals surface area contributed by atoms with E-state index in [0.717, 1.165) is 51.9 Å². The van der Waals surface area contributed by atoms with E-state index in [2.05, 4.69) is 20.2 Å². The summed E-state index contributed by atoms with van der Waals surface area (Å²) < 4.78 is 14.5. The molecule has 3 aromatic rings. The van der Waals surface area contributed by atoms with E-state index in [4.69, 9.17) is 11.6 Å². The number of likely N-dealkylation sites (tertiary alicyclic amines) is 1. The number of fused-ring (bicyclic) bond motifs is 1. The van der Waals surface area contributed by atoms with Gasteiger partial charge in [-0.2, -0.15) is 0 Å². The van der Waals surface area contributed by atoms with Crippen LogP contribution in [0.3, 0.4) is 0 Å². The largest absolute Gasteiger partial charge is 0.367 e. The number of hydrogen-bond donors (Lipinski definition) is 1. The van der Waals surface area contributed by atoms with Gasteiger partial charge in [-0.15, -0.1) is 11.3 Å². The number of nitrogens with zero attached hydrogens (tertiary/aromatic N) is 3. The van der Waals surface area contributed by atoms with E-state index in [1.165, 1.54) is 17.4 Å². The molecule has 7 heteroatoms. The van der Waals surface area contributed by atoms with Crippen molar-refractivity contribution in [1.29, 1.82) is 0 Å². The van der Waals surface area contributed by atoms with Gasteiger partial charge >= 0.3 is 0 Å². The van der Waals surface area contributed by atoms with Crippen LogP contribution in [0.4, 0.5) is 10.2 Å². The molecule has 0 atom stereocenters. The fourth-order valence-corrected chi connectivity index (χ4v) is 4.29. The fraction of sp³-hybridized carbons (Fsp3) is 0.333. The number of piperidine rings is 1. The molecule has 0 amide bonds. The Labute approximate surface area is 154 Å². The van der Waals surface area contributed by atoms with E-state index in [1.54, 1.807) is 12.4 Å². The highest BCUT2D eigenvalue weighted by atomic mass is 35.5. The highest BCUT2D eigenvalue weighted by Crippen LogP contribution is 2.32. The molecule has 0 unspecified atom stereocenters. The third-order valence-electron chi connectivity index (χ3n) is 4.58. The second-order valence-corrected chi connectivity index (χ2v) is 7.94. The van der Waals surface area contributed by atoms with Crippen molar-refractivity contribution >= 4 is 39.0 Å². The van der Waals surface area contributed by atoms with Crippen LogP contribution in [-0.4, -0.2) is 34.0 Å². The Hall–Kier alpha value is -1.76. The molecule has 2 aromatic heterocycles. The van der Waals surface area contributed by atoms with Crippen molar-refractivity contribution in [2.45, 2.75) is 25.4 Å². The molecular weight excluding hydrogens is 359 g/mol. The summed E-state index contributed by atoms with van der Waals surface area (Å²) in [4.78, 5) is 11.8. The molecular formula is C18H18ClFN4S. The molecule has 1 saturated heterocycles. The molecule has 1 aliphatic heterocycles. The normalized spacial score (nSPS) is 16.4. The number of nitrogens with one attached hydrogen (secondary N) is 1. The average Bonchev–Trinajstić information content (AvgIpc) is 3.00. The first-order valence-electron chi connectivity index (χ1n) is 8.31. The minimum Gasteiger partial charge on any atom is -0.367 e. The SMILES string of the molecule is Fc1ccccc1CN1CCC(Nc2ncnc3sc(Cl)cc23)CC1. The Bertz CT molecular complexity index is 876. The summed E-state index contributed by atoms with van der Waals surface area (Å²) in [6, 6.07) is 9.27. The van der Waals surface area contributed by atoms with E-state index in [-0.39, 0.29) is 5.82 Å². The van der Waals surface area contributed by atoms with Crippen LogP contribution in [0.2, 0.25) is 4.34 Å². The number of thiophene rings is 1. The van der Waals surface area contributed by atoms with Crippen molar-refractivity contribution in [3.8, 4) is 0 Å². The molecule has 0 aliphatic carbocycles. The predicted molar refractivity (Wildman–Crippen MR) is 101 cm³/mol. The Balaban J connectivity index is 1.38. The lowest BCUT2D eigenvalue weighted by molar-refractivity contribution is 0.209. The lowest BCUT2D eigenvalue weighted by atomic mass is 10.0. The molecule has 0 saturated carbocycles. The van der Waals surface area contributed by atoms with Gasteiger partial charge in [0.2, 0.25) is 0 Å². The van der Waals surface area contributed by atoms with Crippen LogP contribution in [0.1, 0.15) is 18.4 Å². The van der Waals surface area contributed by atoms with Gasteiger partial charge in [-0.3, -0.25) is 4.90 Å². The summed E-state index contributed by atoms with van der Waals surface area (Å²) in [5, 5.41) is 4.51. The number of rotatable bonds is 4. The van der Waals surface area contributed by atoms with Gasteiger partial charge in [0.05, 0.1) is 9.72 Å². The summed E-state index contributed by atoms with van der Waals surface area (Å²) >= 11 is 7.55. The third kappa shape index (κ3) is 3.76. The van der Waals surface area contributed by atoms with Crippen molar-refractivity contribution in [3.63, 3.8) is 0 Å². The first-order valence-corrected chi connectivity index (χ1v) is 9.51. The molecule has 0 bridgehead atoms. The van der Waals surface area contributed by atoms with E-state index < -0.39 is 0 Å². The lowest BCUT2D eigenvalue weighted by Crippen LogP contribution is -2.39. The Morgan fingerprint density at radius 2 is 2.04 bits per heavy atom. The number of benzene rings is 1. The summed E-state index contributed by atoms with van der Waals surface area (Å²) in [5.41, 5.74) is 0.763. The minimum atomic E-state index is -0.125. The average molecular weight is 377 g/mol. The molecule has 0 radical (unpaired) electrons. The van der Waals surface area contributed by atoms with Crippen LogP contribution in [0.5, 0.6) is 0 Å². The van der Waals surface area contributed by atoms with Crippen LogP contribution in [0, 0.1) is 5.82 Å². The van der Waals surface area contributed by atoms with Gasteiger partial charge in [-0.05, 0) is 25.0 Å². The van der Waals surface area contributed by atoms with Gasteiger partial charge in [0, 0.05) is 31.2 Å². The van der Waals surface area contributed by atoms with Crippen molar-refractivity contribution in [2.24, 2.45) is 0 Å². The summed E-state index contributed by atoms with van der Waals surface area (Å²) in [6.45, 7) is 2.53. The Kier molecular flexibility index (Phi) is 4.83. The second-order valence-electron chi connectivity index (χ2n) is 6.28. The minimum absolute atomic E-state index is 0.125. The number of aromatic nitrogens is 2. The first-order chi connectivity index (χ1) is 12.2.